The van der Waals surface area contributed by atoms with E-state index in [9.17, 15) is 13.2 Å². The smallest absolute Gasteiger partial charge is 0.244 e. The molecule has 1 aromatic heterocycles. The summed E-state index contributed by atoms with van der Waals surface area (Å²) in [5.41, 5.74) is 4.04. The first-order valence-corrected chi connectivity index (χ1v) is 10.4. The first kappa shape index (κ1) is 20.4. The minimum Gasteiger partial charge on any atom is -0.325 e. The maximum Gasteiger partial charge on any atom is 0.244 e. The summed E-state index contributed by atoms with van der Waals surface area (Å²) in [6.07, 6.45) is 1.31. The highest BCUT2D eigenvalue weighted by atomic mass is 32.2. The zero-order valence-electron chi connectivity index (χ0n) is 15.5. The van der Waals surface area contributed by atoms with Crippen molar-refractivity contribution in [2.75, 3.05) is 25.2 Å². The maximum atomic E-state index is 12.2. The van der Waals surface area contributed by atoms with Gasteiger partial charge in [-0.05, 0) is 44.0 Å². The van der Waals surface area contributed by atoms with Crippen LogP contribution in [0.4, 0.5) is 5.69 Å². The second-order valence-corrected chi connectivity index (χ2v) is 9.38. The number of hydrogen-bond donors (Lipinski definition) is 1. The van der Waals surface area contributed by atoms with Crippen LogP contribution in [0.15, 0.2) is 40.4 Å². The van der Waals surface area contributed by atoms with Crippen LogP contribution in [0.2, 0.25) is 0 Å². The van der Waals surface area contributed by atoms with Gasteiger partial charge < -0.3 is 5.32 Å². The number of rotatable bonds is 6. The van der Waals surface area contributed by atoms with Crippen molar-refractivity contribution in [2.45, 2.75) is 30.7 Å². The van der Waals surface area contributed by atoms with Gasteiger partial charge in [-0.3, -0.25) is 4.79 Å². The number of nitrogens with zero attached hydrogens (tertiary/aromatic N) is 2. The molecule has 0 spiro atoms. The second kappa shape index (κ2) is 8.20. The molecule has 2 rings (SSSR count). The maximum absolute atomic E-state index is 12.2. The van der Waals surface area contributed by atoms with Gasteiger partial charge in [0, 0.05) is 26.0 Å². The highest BCUT2D eigenvalue weighted by Crippen LogP contribution is 2.23. The fourth-order valence-corrected chi connectivity index (χ4v) is 4.00. The number of pyridine rings is 1. The van der Waals surface area contributed by atoms with E-state index in [0.29, 0.717) is 5.03 Å². The van der Waals surface area contributed by atoms with Crippen molar-refractivity contribution in [3.8, 4) is 0 Å². The summed E-state index contributed by atoms with van der Waals surface area (Å²) in [6.45, 7) is 5.95. The molecule has 0 aliphatic carbocycles. The average molecular weight is 394 g/mol. The fourth-order valence-electron chi connectivity index (χ4n) is 2.51. The molecule has 0 radical (unpaired) electrons. The number of thioether (sulfide) groups is 1. The number of carbonyl (C=O) groups is 1. The predicted molar refractivity (Wildman–Crippen MR) is 105 cm³/mol. The van der Waals surface area contributed by atoms with Gasteiger partial charge in [-0.25, -0.2) is 17.7 Å². The van der Waals surface area contributed by atoms with Gasteiger partial charge in [0.2, 0.25) is 15.9 Å². The molecule has 1 aromatic carbocycles. The number of hydrogen-bond acceptors (Lipinski definition) is 5. The quantitative estimate of drug-likeness (QED) is 0.763. The Hall–Kier alpha value is -1.90. The van der Waals surface area contributed by atoms with Gasteiger partial charge in [0.05, 0.1) is 10.8 Å². The molecule has 6 nitrogen and oxygen atoms in total. The SMILES string of the molecule is Cc1cc(C)c(NC(=O)CSc2ccc(S(=O)(=O)N(C)C)cn2)c(C)c1. The van der Waals surface area contributed by atoms with Crippen molar-refractivity contribution in [1.82, 2.24) is 9.29 Å². The number of benzene rings is 1. The van der Waals surface area contributed by atoms with Crippen molar-refractivity contribution >= 4 is 33.4 Å². The Bertz CT molecular complexity index is 885. The first-order valence-electron chi connectivity index (χ1n) is 8.00. The Labute approximate surface area is 159 Å². The summed E-state index contributed by atoms with van der Waals surface area (Å²) in [4.78, 5) is 16.5. The van der Waals surface area contributed by atoms with Gasteiger partial charge in [0.1, 0.15) is 4.90 Å². The Morgan fingerprint density at radius 1 is 1.15 bits per heavy atom. The molecule has 0 fully saturated rings. The van der Waals surface area contributed by atoms with Crippen molar-refractivity contribution in [3.05, 3.63) is 47.2 Å². The molecule has 0 bridgehead atoms. The van der Waals surface area contributed by atoms with Crippen LogP contribution >= 0.6 is 11.8 Å². The molecule has 0 saturated carbocycles. The van der Waals surface area contributed by atoms with Gasteiger partial charge in [-0.2, -0.15) is 0 Å². The topological polar surface area (TPSA) is 79.4 Å². The second-order valence-electron chi connectivity index (χ2n) is 6.23. The number of aromatic nitrogens is 1. The number of carbonyl (C=O) groups excluding carboxylic acids is 1. The third-order valence-electron chi connectivity index (χ3n) is 3.78. The molecule has 0 unspecified atom stereocenters. The lowest BCUT2D eigenvalue weighted by Gasteiger charge is -2.13. The molecule has 2 aromatic rings. The van der Waals surface area contributed by atoms with Crippen LogP contribution in [-0.2, 0) is 14.8 Å². The molecule has 0 aliphatic heterocycles. The molecule has 1 N–H and O–H groups in total. The molecular weight excluding hydrogens is 370 g/mol. The van der Waals surface area contributed by atoms with E-state index in [1.807, 2.05) is 32.9 Å². The molecule has 0 aliphatic rings. The number of sulfonamides is 1. The Kier molecular flexibility index (Phi) is 6.44. The van der Waals surface area contributed by atoms with E-state index in [0.717, 1.165) is 26.7 Å². The fraction of sp³-hybridized carbons (Fsp3) is 0.333. The summed E-state index contributed by atoms with van der Waals surface area (Å²) >= 11 is 1.26. The molecule has 140 valence electrons. The molecule has 1 amide bonds. The first-order chi connectivity index (χ1) is 12.1. The molecule has 1 heterocycles. The van der Waals surface area contributed by atoms with E-state index in [4.69, 9.17) is 0 Å². The monoisotopic (exact) mass is 393 g/mol. The number of aryl methyl sites for hydroxylation is 3. The van der Waals surface area contributed by atoms with Crippen LogP contribution in [0.5, 0.6) is 0 Å². The summed E-state index contributed by atoms with van der Waals surface area (Å²) in [5.74, 6) is 0.0661. The van der Waals surface area contributed by atoms with E-state index in [1.54, 1.807) is 6.07 Å². The molecular formula is C18H23N3O3S2. The van der Waals surface area contributed by atoms with Crippen LogP contribution in [0.1, 0.15) is 16.7 Å². The number of anilines is 1. The van der Waals surface area contributed by atoms with Crippen LogP contribution < -0.4 is 5.32 Å². The van der Waals surface area contributed by atoms with E-state index >= 15 is 0 Å². The van der Waals surface area contributed by atoms with Gasteiger partial charge >= 0.3 is 0 Å². The van der Waals surface area contributed by atoms with Crippen molar-refractivity contribution in [2.24, 2.45) is 0 Å². The zero-order valence-corrected chi connectivity index (χ0v) is 17.2. The predicted octanol–water partition coefficient (Wildman–Crippen LogP) is 2.99. The lowest BCUT2D eigenvalue weighted by Crippen LogP contribution is -2.22. The Morgan fingerprint density at radius 3 is 2.27 bits per heavy atom. The van der Waals surface area contributed by atoms with Crippen molar-refractivity contribution in [3.63, 3.8) is 0 Å². The van der Waals surface area contributed by atoms with E-state index in [1.165, 1.54) is 38.1 Å². The largest absolute Gasteiger partial charge is 0.325 e. The average Bonchev–Trinajstić information content (AvgIpc) is 2.56. The molecule has 8 heteroatoms. The van der Waals surface area contributed by atoms with Crippen molar-refractivity contribution in [1.29, 1.82) is 0 Å². The van der Waals surface area contributed by atoms with Crippen molar-refractivity contribution < 1.29 is 13.2 Å². The van der Waals surface area contributed by atoms with Crippen LogP contribution in [0, 0.1) is 20.8 Å². The van der Waals surface area contributed by atoms with Crippen LogP contribution in [-0.4, -0.2) is 43.5 Å². The molecule has 0 saturated heterocycles. The minimum atomic E-state index is -3.50. The van der Waals surface area contributed by atoms with E-state index in [2.05, 4.69) is 10.3 Å². The Balaban J connectivity index is 2.00. The zero-order chi connectivity index (χ0) is 19.5. The summed E-state index contributed by atoms with van der Waals surface area (Å²) in [6, 6.07) is 7.16. The third-order valence-corrected chi connectivity index (χ3v) is 6.52. The number of nitrogens with one attached hydrogen (secondary N) is 1. The summed E-state index contributed by atoms with van der Waals surface area (Å²) in [7, 11) is -0.557. The van der Waals surface area contributed by atoms with Crippen LogP contribution in [0.25, 0.3) is 0 Å². The van der Waals surface area contributed by atoms with Crippen LogP contribution in [0.3, 0.4) is 0 Å². The summed E-state index contributed by atoms with van der Waals surface area (Å²) in [5, 5.41) is 3.53. The van der Waals surface area contributed by atoms with E-state index < -0.39 is 10.0 Å². The standard InChI is InChI=1S/C18H23N3O3S2/c1-12-8-13(2)18(14(3)9-12)20-16(22)11-25-17-7-6-15(10-19-17)26(23,24)21(4)5/h6-10H,11H2,1-5H3,(H,20,22). The minimum absolute atomic E-state index is 0.127. The lowest BCUT2D eigenvalue weighted by molar-refractivity contribution is -0.113. The molecule has 0 atom stereocenters. The number of amides is 1. The third kappa shape index (κ3) is 4.84. The lowest BCUT2D eigenvalue weighted by atomic mass is 10.1. The van der Waals surface area contributed by atoms with Gasteiger partial charge in [-0.15, -0.1) is 0 Å². The highest BCUT2D eigenvalue weighted by molar-refractivity contribution is 7.99. The Morgan fingerprint density at radius 2 is 1.77 bits per heavy atom. The van der Waals surface area contributed by atoms with Gasteiger partial charge in [-0.1, -0.05) is 29.5 Å². The molecule has 26 heavy (non-hydrogen) atoms. The van der Waals surface area contributed by atoms with Gasteiger partial charge in [0.15, 0.2) is 0 Å². The normalized spacial score (nSPS) is 11.6. The van der Waals surface area contributed by atoms with E-state index in [-0.39, 0.29) is 16.6 Å². The highest BCUT2D eigenvalue weighted by Gasteiger charge is 2.17. The van der Waals surface area contributed by atoms with Gasteiger partial charge in [0.25, 0.3) is 0 Å². The summed E-state index contributed by atoms with van der Waals surface area (Å²) < 4.78 is 25.2.